The van der Waals surface area contributed by atoms with Gasteiger partial charge in [0.2, 0.25) is 5.91 Å². The Hall–Kier alpha value is -1.55. The molecule has 1 unspecified atom stereocenters. The van der Waals surface area contributed by atoms with Crippen molar-refractivity contribution in [1.82, 2.24) is 9.80 Å². The van der Waals surface area contributed by atoms with Gasteiger partial charge in [-0.25, -0.2) is 0 Å². The number of rotatable bonds is 4. The van der Waals surface area contributed by atoms with Crippen molar-refractivity contribution in [3.63, 3.8) is 0 Å². The molecular weight excluding hydrogens is 336 g/mol. The molecule has 3 aliphatic rings. The van der Waals surface area contributed by atoms with E-state index in [1.165, 1.54) is 37.9 Å². The van der Waals surface area contributed by atoms with E-state index >= 15 is 0 Å². The number of nitrogens with zero attached hydrogens (tertiary/aromatic N) is 2. The highest BCUT2D eigenvalue weighted by Gasteiger charge is 2.55. The summed E-state index contributed by atoms with van der Waals surface area (Å²) < 4.78 is 5.78. The summed E-state index contributed by atoms with van der Waals surface area (Å²) in [4.78, 5) is 16.2. The van der Waals surface area contributed by atoms with Crippen LogP contribution in [-0.4, -0.2) is 54.0 Å². The first-order chi connectivity index (χ1) is 13.0. The number of hydrogen-bond donors (Lipinski definition) is 0. The maximum atomic E-state index is 11.5. The summed E-state index contributed by atoms with van der Waals surface area (Å²) in [5, 5.41) is 0. The SMILES string of the molecule is CC(=O)N1CCC(N2CCC3(CC2)CC3c2ccc(OC(C)C)cc2)CC1. The Kier molecular flexibility index (Phi) is 5.19. The lowest BCUT2D eigenvalue weighted by Gasteiger charge is -2.42. The molecule has 4 heteroatoms. The maximum absolute atomic E-state index is 11.5. The zero-order valence-corrected chi connectivity index (χ0v) is 17.1. The van der Waals surface area contributed by atoms with Crippen LogP contribution in [0.5, 0.6) is 5.75 Å². The molecule has 0 aromatic heterocycles. The van der Waals surface area contributed by atoms with Crippen LogP contribution in [0.3, 0.4) is 0 Å². The summed E-state index contributed by atoms with van der Waals surface area (Å²) in [6.45, 7) is 10.2. The summed E-state index contributed by atoms with van der Waals surface area (Å²) in [6, 6.07) is 9.52. The summed E-state index contributed by atoms with van der Waals surface area (Å²) in [5.74, 6) is 1.96. The Morgan fingerprint density at radius 2 is 1.70 bits per heavy atom. The number of ether oxygens (including phenoxy) is 1. The third kappa shape index (κ3) is 4.01. The normalized spacial score (nSPS) is 25.8. The molecule has 4 rings (SSSR count). The lowest BCUT2D eigenvalue weighted by Crippen LogP contribution is -2.49. The quantitative estimate of drug-likeness (QED) is 0.801. The Morgan fingerprint density at radius 1 is 1.07 bits per heavy atom. The van der Waals surface area contributed by atoms with E-state index < -0.39 is 0 Å². The van der Waals surface area contributed by atoms with E-state index in [-0.39, 0.29) is 12.0 Å². The van der Waals surface area contributed by atoms with Gasteiger partial charge in [0.05, 0.1) is 6.10 Å². The predicted octanol–water partition coefficient (Wildman–Crippen LogP) is 4.05. The van der Waals surface area contributed by atoms with Crippen molar-refractivity contribution in [2.24, 2.45) is 5.41 Å². The van der Waals surface area contributed by atoms with Crippen LogP contribution < -0.4 is 4.74 Å². The van der Waals surface area contributed by atoms with E-state index in [1.807, 2.05) is 4.90 Å². The van der Waals surface area contributed by atoms with E-state index in [0.29, 0.717) is 11.5 Å². The van der Waals surface area contributed by atoms with E-state index in [1.54, 1.807) is 6.92 Å². The van der Waals surface area contributed by atoms with Crippen LogP contribution in [-0.2, 0) is 4.79 Å². The van der Waals surface area contributed by atoms with E-state index in [0.717, 1.165) is 37.6 Å². The maximum Gasteiger partial charge on any atom is 0.219 e. The van der Waals surface area contributed by atoms with Gasteiger partial charge in [0, 0.05) is 26.1 Å². The van der Waals surface area contributed by atoms with Crippen molar-refractivity contribution in [3.05, 3.63) is 29.8 Å². The van der Waals surface area contributed by atoms with Gasteiger partial charge in [0.1, 0.15) is 5.75 Å². The average molecular weight is 371 g/mol. The molecule has 0 radical (unpaired) electrons. The van der Waals surface area contributed by atoms with Crippen molar-refractivity contribution in [2.75, 3.05) is 26.2 Å². The highest BCUT2D eigenvalue weighted by molar-refractivity contribution is 5.73. The molecular formula is C23H34N2O2. The zero-order valence-electron chi connectivity index (χ0n) is 17.1. The Labute approximate surface area is 163 Å². The van der Waals surface area contributed by atoms with Crippen LogP contribution in [0.2, 0.25) is 0 Å². The fourth-order valence-corrected chi connectivity index (χ4v) is 5.30. The monoisotopic (exact) mass is 370 g/mol. The second kappa shape index (κ2) is 7.46. The fourth-order valence-electron chi connectivity index (χ4n) is 5.30. The number of likely N-dealkylation sites (tertiary alicyclic amines) is 2. The molecule has 27 heavy (non-hydrogen) atoms. The van der Waals surface area contributed by atoms with Gasteiger partial charge in [-0.3, -0.25) is 4.79 Å². The van der Waals surface area contributed by atoms with Crippen molar-refractivity contribution in [2.45, 2.75) is 70.9 Å². The summed E-state index contributed by atoms with van der Waals surface area (Å²) in [5.41, 5.74) is 2.05. The minimum Gasteiger partial charge on any atom is -0.491 e. The molecule has 1 amide bonds. The second-order valence-electron chi connectivity index (χ2n) is 9.13. The number of carbonyl (C=O) groups is 1. The van der Waals surface area contributed by atoms with Crippen molar-refractivity contribution in [1.29, 1.82) is 0 Å². The molecule has 3 fully saturated rings. The van der Waals surface area contributed by atoms with Gasteiger partial charge in [-0.1, -0.05) is 12.1 Å². The van der Waals surface area contributed by atoms with Crippen LogP contribution in [0.4, 0.5) is 0 Å². The van der Waals surface area contributed by atoms with Gasteiger partial charge < -0.3 is 14.5 Å². The average Bonchev–Trinajstić information content (AvgIpc) is 3.36. The molecule has 0 N–H and O–H groups in total. The second-order valence-corrected chi connectivity index (χ2v) is 9.13. The summed E-state index contributed by atoms with van der Waals surface area (Å²) >= 11 is 0. The van der Waals surface area contributed by atoms with E-state index in [4.69, 9.17) is 4.74 Å². The first-order valence-electron chi connectivity index (χ1n) is 10.7. The van der Waals surface area contributed by atoms with Crippen molar-refractivity contribution in [3.8, 4) is 5.75 Å². The lowest BCUT2D eigenvalue weighted by atomic mass is 9.87. The van der Waals surface area contributed by atoms with Crippen LogP contribution >= 0.6 is 0 Å². The Bertz CT molecular complexity index is 653. The number of amides is 1. The van der Waals surface area contributed by atoms with Gasteiger partial charge in [-0.2, -0.15) is 0 Å². The topological polar surface area (TPSA) is 32.8 Å². The zero-order chi connectivity index (χ0) is 19.0. The largest absolute Gasteiger partial charge is 0.491 e. The fraction of sp³-hybridized carbons (Fsp3) is 0.696. The summed E-state index contributed by atoms with van der Waals surface area (Å²) in [6.07, 6.45) is 6.54. The standard InChI is InChI=1S/C23H34N2O2/c1-17(2)27-21-6-4-19(5-7-21)22-16-23(22)10-14-25(15-11-23)20-8-12-24(13-9-20)18(3)26/h4-7,17,20,22H,8-16H2,1-3H3. The lowest BCUT2D eigenvalue weighted by molar-refractivity contribution is -0.130. The number of piperidine rings is 2. The van der Waals surface area contributed by atoms with Crippen LogP contribution in [0.1, 0.15) is 64.4 Å². The molecule has 2 aliphatic heterocycles. The van der Waals surface area contributed by atoms with Crippen LogP contribution in [0.25, 0.3) is 0 Å². The molecule has 4 nitrogen and oxygen atoms in total. The molecule has 1 aromatic rings. The number of hydrogen-bond acceptors (Lipinski definition) is 3. The highest BCUT2D eigenvalue weighted by Crippen LogP contribution is 2.65. The molecule has 1 spiro atoms. The molecule has 148 valence electrons. The van der Waals surface area contributed by atoms with Gasteiger partial charge in [-0.15, -0.1) is 0 Å². The van der Waals surface area contributed by atoms with Crippen LogP contribution in [0, 0.1) is 5.41 Å². The molecule has 2 heterocycles. The first-order valence-corrected chi connectivity index (χ1v) is 10.7. The summed E-state index contributed by atoms with van der Waals surface area (Å²) in [7, 11) is 0. The van der Waals surface area contributed by atoms with Gasteiger partial charge in [0.25, 0.3) is 0 Å². The minimum atomic E-state index is 0.231. The molecule has 2 saturated heterocycles. The van der Waals surface area contributed by atoms with E-state index in [2.05, 4.69) is 43.0 Å². The van der Waals surface area contributed by atoms with Crippen molar-refractivity contribution >= 4 is 5.91 Å². The van der Waals surface area contributed by atoms with Crippen LogP contribution in [0.15, 0.2) is 24.3 Å². The highest BCUT2D eigenvalue weighted by atomic mass is 16.5. The third-order valence-electron chi connectivity index (χ3n) is 7.06. The minimum absolute atomic E-state index is 0.231. The molecule has 1 aliphatic carbocycles. The predicted molar refractivity (Wildman–Crippen MR) is 108 cm³/mol. The first kappa shape index (κ1) is 18.8. The number of benzene rings is 1. The molecule has 1 atom stereocenters. The molecule has 0 bridgehead atoms. The Balaban J connectivity index is 1.28. The molecule has 1 saturated carbocycles. The van der Waals surface area contributed by atoms with E-state index in [9.17, 15) is 4.79 Å². The van der Waals surface area contributed by atoms with Gasteiger partial charge >= 0.3 is 0 Å². The Morgan fingerprint density at radius 3 is 2.26 bits per heavy atom. The molecule has 1 aromatic carbocycles. The smallest absolute Gasteiger partial charge is 0.219 e. The van der Waals surface area contributed by atoms with Crippen molar-refractivity contribution < 1.29 is 9.53 Å². The van der Waals surface area contributed by atoms with Gasteiger partial charge in [-0.05, 0) is 88.1 Å². The van der Waals surface area contributed by atoms with Gasteiger partial charge in [0.15, 0.2) is 0 Å². The number of carbonyl (C=O) groups excluding carboxylic acids is 1. The third-order valence-corrected chi connectivity index (χ3v) is 7.06.